The lowest BCUT2D eigenvalue weighted by atomic mass is 10.0. The van der Waals surface area contributed by atoms with E-state index in [0.717, 1.165) is 5.56 Å². The molecule has 1 aromatic heterocycles. The van der Waals surface area contributed by atoms with Gasteiger partial charge in [-0.15, -0.1) is 0 Å². The minimum atomic E-state index is -1.38. The highest BCUT2D eigenvalue weighted by Crippen LogP contribution is 2.25. The summed E-state index contributed by atoms with van der Waals surface area (Å²) in [6.45, 7) is 8.40. The molecule has 3 amide bonds. The number of aromatic amines is 1. The second-order valence-electron chi connectivity index (χ2n) is 11.7. The number of ether oxygens (including phenoxy) is 2. The molecule has 1 heterocycles. The summed E-state index contributed by atoms with van der Waals surface area (Å²) in [7, 11) is 0. The summed E-state index contributed by atoms with van der Waals surface area (Å²) in [5.74, 6) is -3.80. The zero-order valence-corrected chi connectivity index (χ0v) is 26.0. The topological polar surface area (TPSA) is 176 Å². The van der Waals surface area contributed by atoms with Crippen molar-refractivity contribution in [3.8, 4) is 0 Å². The van der Waals surface area contributed by atoms with Crippen LogP contribution in [0, 0.1) is 5.92 Å². The van der Waals surface area contributed by atoms with E-state index in [1.807, 2.05) is 6.07 Å². The molecule has 2 aromatic carbocycles. The van der Waals surface area contributed by atoms with E-state index in [1.54, 1.807) is 89.3 Å². The smallest absolute Gasteiger partial charge is 0.408 e. The summed E-state index contributed by atoms with van der Waals surface area (Å²) in [6, 6.07) is 12.1. The highest BCUT2D eigenvalue weighted by atomic mass is 16.6. The molecule has 45 heavy (non-hydrogen) atoms. The molecule has 0 saturated heterocycles. The second kappa shape index (κ2) is 15.6. The minimum absolute atomic E-state index is 0.0607. The predicted octanol–water partition coefficient (Wildman–Crippen LogP) is 4.13. The quantitative estimate of drug-likeness (QED) is 0.140. The largest absolute Gasteiger partial charge is 0.480 e. The van der Waals surface area contributed by atoms with Crippen LogP contribution in [-0.2, 0) is 35.3 Å². The number of nitrogens with one attached hydrogen (secondary N) is 4. The third-order valence-electron chi connectivity index (χ3n) is 6.51. The summed E-state index contributed by atoms with van der Waals surface area (Å²) < 4.78 is 10.6. The van der Waals surface area contributed by atoms with Crippen LogP contribution in [0.25, 0.3) is 10.9 Å². The molecule has 0 aliphatic rings. The van der Waals surface area contributed by atoms with Gasteiger partial charge in [0.25, 0.3) is 0 Å². The normalized spacial score (nSPS) is 13.6. The number of para-hydroxylation sites is 1. The molecule has 3 unspecified atom stereocenters. The van der Waals surface area contributed by atoms with Crippen LogP contribution in [0.2, 0.25) is 0 Å². The number of benzene rings is 2. The van der Waals surface area contributed by atoms with Gasteiger partial charge < -0.3 is 35.5 Å². The molecule has 5 N–H and O–H groups in total. The standard InChI is InChI=1S/C33H40N4O8/c1-20(2)27(31(41)42)36-30(40)28(23-18-34-24-15-10-9-14-22(23)24)37-29(39)25(16-11-17-26(38)45-33(3,4)5)35-32(43)44-19-21-12-7-6-8-13-21/h6-16,18,20,25,27-28,34H,17,19H2,1-5H3,(H,35,43)(H,36,40)(H,37,39)(H,41,42). The molecule has 0 radical (unpaired) electrons. The van der Waals surface area contributed by atoms with Crippen LogP contribution in [0.5, 0.6) is 0 Å². The van der Waals surface area contributed by atoms with Crippen molar-refractivity contribution in [2.24, 2.45) is 5.92 Å². The molecule has 0 aliphatic carbocycles. The van der Waals surface area contributed by atoms with Crippen molar-refractivity contribution in [2.45, 2.75) is 71.4 Å². The number of carbonyl (C=O) groups excluding carboxylic acids is 4. The van der Waals surface area contributed by atoms with Crippen molar-refractivity contribution in [3.05, 3.63) is 84.1 Å². The first-order chi connectivity index (χ1) is 21.2. The van der Waals surface area contributed by atoms with Gasteiger partial charge in [0.2, 0.25) is 11.8 Å². The first-order valence-corrected chi connectivity index (χ1v) is 14.5. The third kappa shape index (κ3) is 10.5. The van der Waals surface area contributed by atoms with Gasteiger partial charge in [0, 0.05) is 22.7 Å². The number of fused-ring (bicyclic) bond motifs is 1. The van der Waals surface area contributed by atoms with Crippen molar-refractivity contribution < 1.29 is 38.6 Å². The Labute approximate surface area is 261 Å². The highest BCUT2D eigenvalue weighted by Gasteiger charge is 2.32. The number of amides is 3. The molecule has 3 aromatic rings. The fourth-order valence-corrected chi connectivity index (χ4v) is 4.38. The molecule has 0 bridgehead atoms. The molecule has 0 spiro atoms. The Morgan fingerprint density at radius 1 is 0.911 bits per heavy atom. The van der Waals surface area contributed by atoms with Crippen molar-refractivity contribution in [1.29, 1.82) is 0 Å². The fourth-order valence-electron chi connectivity index (χ4n) is 4.38. The van der Waals surface area contributed by atoms with Gasteiger partial charge in [0.1, 0.15) is 30.3 Å². The van der Waals surface area contributed by atoms with Crippen molar-refractivity contribution >= 4 is 40.7 Å². The van der Waals surface area contributed by atoms with E-state index < -0.39 is 59.5 Å². The SMILES string of the molecule is CC(C)C(NC(=O)C(NC(=O)C(C=CCC(=O)OC(C)(C)C)NC(=O)OCc1ccccc1)c1c[nH]c2ccccc12)C(=O)O. The predicted molar refractivity (Wildman–Crippen MR) is 167 cm³/mol. The summed E-state index contributed by atoms with van der Waals surface area (Å²) >= 11 is 0. The molecule has 240 valence electrons. The molecule has 0 saturated carbocycles. The zero-order valence-electron chi connectivity index (χ0n) is 26.0. The Hall–Kier alpha value is -5.13. The van der Waals surface area contributed by atoms with E-state index >= 15 is 0 Å². The molecule has 0 fully saturated rings. The van der Waals surface area contributed by atoms with Gasteiger partial charge in [-0.25, -0.2) is 9.59 Å². The van der Waals surface area contributed by atoms with Crippen LogP contribution in [0.3, 0.4) is 0 Å². The van der Waals surface area contributed by atoms with Crippen molar-refractivity contribution in [2.75, 3.05) is 0 Å². The van der Waals surface area contributed by atoms with E-state index in [2.05, 4.69) is 20.9 Å². The lowest BCUT2D eigenvalue weighted by Crippen LogP contribution is -2.52. The molecule has 3 atom stereocenters. The van der Waals surface area contributed by atoms with E-state index in [9.17, 15) is 29.1 Å². The van der Waals surface area contributed by atoms with Crippen LogP contribution in [0.1, 0.15) is 58.2 Å². The molecule has 0 aliphatic heterocycles. The van der Waals surface area contributed by atoms with E-state index in [4.69, 9.17) is 9.47 Å². The van der Waals surface area contributed by atoms with Crippen LogP contribution < -0.4 is 16.0 Å². The Bertz CT molecular complexity index is 1520. The first kappa shape index (κ1) is 34.4. The van der Waals surface area contributed by atoms with Crippen molar-refractivity contribution in [3.63, 3.8) is 0 Å². The van der Waals surface area contributed by atoms with Gasteiger partial charge in [-0.2, -0.15) is 0 Å². The van der Waals surface area contributed by atoms with Gasteiger partial charge in [-0.1, -0.05) is 74.5 Å². The molecular weight excluding hydrogens is 580 g/mol. The number of aliphatic carboxylic acids is 1. The Morgan fingerprint density at radius 3 is 2.22 bits per heavy atom. The maximum atomic E-state index is 13.7. The van der Waals surface area contributed by atoms with Crippen LogP contribution in [0.4, 0.5) is 4.79 Å². The number of hydrogen-bond donors (Lipinski definition) is 5. The lowest BCUT2D eigenvalue weighted by Gasteiger charge is -2.24. The lowest BCUT2D eigenvalue weighted by molar-refractivity contribution is -0.153. The third-order valence-corrected chi connectivity index (χ3v) is 6.51. The molecule has 3 rings (SSSR count). The second-order valence-corrected chi connectivity index (χ2v) is 11.7. The van der Waals surface area contributed by atoms with E-state index in [-0.39, 0.29) is 13.0 Å². The summed E-state index contributed by atoms with van der Waals surface area (Å²) in [5.41, 5.74) is 1.08. The number of hydrogen-bond acceptors (Lipinski definition) is 7. The highest BCUT2D eigenvalue weighted by molar-refractivity contribution is 5.97. The van der Waals surface area contributed by atoms with Gasteiger partial charge in [0.15, 0.2) is 0 Å². The van der Waals surface area contributed by atoms with Gasteiger partial charge in [-0.05, 0) is 38.3 Å². The number of H-pyrrole nitrogens is 1. The maximum Gasteiger partial charge on any atom is 0.408 e. The number of carbonyl (C=O) groups is 5. The monoisotopic (exact) mass is 620 g/mol. The van der Waals surface area contributed by atoms with Crippen LogP contribution in [-0.4, -0.2) is 57.6 Å². The van der Waals surface area contributed by atoms with Crippen molar-refractivity contribution in [1.82, 2.24) is 20.9 Å². The summed E-state index contributed by atoms with van der Waals surface area (Å²) in [4.78, 5) is 67.2. The van der Waals surface area contributed by atoms with Crippen LogP contribution >= 0.6 is 0 Å². The number of alkyl carbamates (subject to hydrolysis) is 1. The van der Waals surface area contributed by atoms with Crippen LogP contribution in [0.15, 0.2) is 72.9 Å². The summed E-state index contributed by atoms with van der Waals surface area (Å²) in [6.07, 6.45) is 3.11. The first-order valence-electron chi connectivity index (χ1n) is 14.5. The maximum absolute atomic E-state index is 13.7. The molecule has 12 nitrogen and oxygen atoms in total. The number of carboxylic acids is 1. The van der Waals surface area contributed by atoms with Gasteiger partial charge in [-0.3, -0.25) is 14.4 Å². The minimum Gasteiger partial charge on any atom is -0.480 e. The van der Waals surface area contributed by atoms with E-state index in [1.165, 1.54) is 12.2 Å². The molecular formula is C33H40N4O8. The van der Waals surface area contributed by atoms with Gasteiger partial charge >= 0.3 is 18.0 Å². The fraction of sp³-hybridized carbons (Fsp3) is 0.364. The Balaban J connectivity index is 1.88. The van der Waals surface area contributed by atoms with E-state index in [0.29, 0.717) is 16.5 Å². The number of rotatable bonds is 13. The zero-order chi connectivity index (χ0) is 33.1. The number of carboxylic acid groups (broad SMARTS) is 1. The Kier molecular flexibility index (Phi) is 11.9. The van der Waals surface area contributed by atoms with Gasteiger partial charge in [0.05, 0.1) is 6.42 Å². The number of aromatic nitrogens is 1. The average molecular weight is 621 g/mol. The molecule has 12 heteroatoms. The Morgan fingerprint density at radius 2 is 1.58 bits per heavy atom. The average Bonchev–Trinajstić information content (AvgIpc) is 3.40. The number of esters is 1. The summed E-state index contributed by atoms with van der Waals surface area (Å²) in [5, 5.41) is 17.9.